The van der Waals surface area contributed by atoms with Gasteiger partial charge in [-0.15, -0.1) is 12.4 Å². The number of hydrogen-bond donors (Lipinski definition) is 2. The summed E-state index contributed by atoms with van der Waals surface area (Å²) in [5, 5.41) is 6.40. The number of ether oxygens (including phenoxy) is 1. The van der Waals surface area contributed by atoms with Crippen LogP contribution >= 0.6 is 12.4 Å². The number of aryl methyl sites for hydroxylation is 1. The number of carbonyl (C=O) groups excluding carboxylic acids is 1. The average Bonchev–Trinajstić information content (AvgIpc) is 2.41. The second-order valence-corrected chi connectivity index (χ2v) is 5.56. The summed E-state index contributed by atoms with van der Waals surface area (Å²) in [6, 6.07) is 8.12. The summed E-state index contributed by atoms with van der Waals surface area (Å²) in [4.78, 5) is 11.9. The molecule has 5 heteroatoms. The van der Waals surface area contributed by atoms with Crippen LogP contribution in [0.3, 0.4) is 0 Å². The van der Waals surface area contributed by atoms with Gasteiger partial charge in [-0.05, 0) is 43.5 Å². The van der Waals surface area contributed by atoms with E-state index in [-0.39, 0.29) is 24.4 Å². The fourth-order valence-corrected chi connectivity index (χ4v) is 2.43. The number of carbonyl (C=O) groups is 1. The molecule has 1 amide bonds. The van der Waals surface area contributed by atoms with E-state index < -0.39 is 0 Å². The van der Waals surface area contributed by atoms with Crippen LogP contribution in [0.2, 0.25) is 0 Å². The van der Waals surface area contributed by atoms with Crippen LogP contribution in [0.4, 0.5) is 0 Å². The molecule has 1 aromatic rings. The first-order valence-electron chi connectivity index (χ1n) is 7.34. The van der Waals surface area contributed by atoms with E-state index in [1.807, 2.05) is 31.2 Å². The second-order valence-electron chi connectivity index (χ2n) is 5.56. The molecule has 4 nitrogen and oxygen atoms in total. The molecule has 1 fully saturated rings. The zero-order valence-electron chi connectivity index (χ0n) is 12.7. The first-order valence-corrected chi connectivity index (χ1v) is 7.34. The number of halogens is 1. The number of rotatable bonds is 5. The Balaban J connectivity index is 0.00000220. The standard InChI is InChI=1S/C16H24N2O2.ClH/c1-12-4-3-5-14(10-12)20-9-7-16(19)18-15-11-17-8-6-13(15)2;/h3-5,10,13,15,17H,6-9,11H2,1-2H3,(H,18,19);1H. The summed E-state index contributed by atoms with van der Waals surface area (Å²) in [7, 11) is 0. The third kappa shape index (κ3) is 5.94. The normalized spacial score (nSPS) is 21.2. The minimum absolute atomic E-state index is 0. The first kappa shape index (κ1) is 17.8. The van der Waals surface area contributed by atoms with Crippen molar-refractivity contribution in [3.63, 3.8) is 0 Å². The summed E-state index contributed by atoms with van der Waals surface area (Å²) >= 11 is 0. The minimum atomic E-state index is 0. The molecule has 118 valence electrons. The molecule has 0 aromatic heterocycles. The van der Waals surface area contributed by atoms with Crippen molar-refractivity contribution in [1.29, 1.82) is 0 Å². The highest BCUT2D eigenvalue weighted by Crippen LogP contribution is 2.13. The maximum Gasteiger partial charge on any atom is 0.223 e. The van der Waals surface area contributed by atoms with E-state index in [9.17, 15) is 4.79 Å². The van der Waals surface area contributed by atoms with Crippen LogP contribution in [-0.2, 0) is 4.79 Å². The molecule has 0 aliphatic carbocycles. The van der Waals surface area contributed by atoms with E-state index in [2.05, 4.69) is 17.6 Å². The van der Waals surface area contributed by atoms with E-state index >= 15 is 0 Å². The van der Waals surface area contributed by atoms with Gasteiger partial charge in [0.15, 0.2) is 0 Å². The summed E-state index contributed by atoms with van der Waals surface area (Å²) < 4.78 is 5.60. The molecular formula is C16H25ClN2O2. The predicted molar refractivity (Wildman–Crippen MR) is 87.1 cm³/mol. The van der Waals surface area contributed by atoms with Crippen molar-refractivity contribution in [3.8, 4) is 5.75 Å². The Kier molecular flexibility index (Phi) is 7.54. The molecule has 1 heterocycles. The Labute approximate surface area is 133 Å². The molecule has 21 heavy (non-hydrogen) atoms. The van der Waals surface area contributed by atoms with Crippen molar-refractivity contribution >= 4 is 18.3 Å². The van der Waals surface area contributed by atoms with Gasteiger partial charge in [-0.25, -0.2) is 0 Å². The zero-order valence-corrected chi connectivity index (χ0v) is 13.5. The summed E-state index contributed by atoms with van der Waals surface area (Å²) in [5.74, 6) is 1.43. The average molecular weight is 313 g/mol. The van der Waals surface area contributed by atoms with Gasteiger partial charge in [0.05, 0.1) is 13.0 Å². The maximum absolute atomic E-state index is 11.9. The molecule has 0 radical (unpaired) electrons. The molecule has 2 rings (SSSR count). The number of hydrogen-bond acceptors (Lipinski definition) is 3. The van der Waals surface area contributed by atoms with Crippen molar-refractivity contribution in [2.75, 3.05) is 19.7 Å². The quantitative estimate of drug-likeness (QED) is 0.877. The molecule has 1 aromatic carbocycles. The lowest BCUT2D eigenvalue weighted by Gasteiger charge is -2.30. The lowest BCUT2D eigenvalue weighted by atomic mass is 9.95. The molecule has 2 unspecified atom stereocenters. The van der Waals surface area contributed by atoms with Gasteiger partial charge in [-0.1, -0.05) is 19.1 Å². The van der Waals surface area contributed by atoms with Crippen LogP contribution in [-0.4, -0.2) is 31.6 Å². The molecule has 0 saturated carbocycles. The number of piperidine rings is 1. The predicted octanol–water partition coefficient (Wildman–Crippen LogP) is 2.30. The van der Waals surface area contributed by atoms with Crippen molar-refractivity contribution in [2.45, 2.75) is 32.7 Å². The first-order chi connectivity index (χ1) is 9.65. The van der Waals surface area contributed by atoms with Crippen LogP contribution in [0.15, 0.2) is 24.3 Å². The lowest BCUT2D eigenvalue weighted by molar-refractivity contribution is -0.122. The van der Waals surface area contributed by atoms with Crippen LogP contribution in [0.5, 0.6) is 5.75 Å². The van der Waals surface area contributed by atoms with E-state index in [0.29, 0.717) is 18.9 Å². The molecule has 2 atom stereocenters. The summed E-state index contributed by atoms with van der Waals surface area (Å²) in [6.45, 7) is 6.55. The van der Waals surface area contributed by atoms with Crippen molar-refractivity contribution in [1.82, 2.24) is 10.6 Å². The largest absolute Gasteiger partial charge is 0.493 e. The third-order valence-corrected chi connectivity index (χ3v) is 3.76. The molecule has 2 N–H and O–H groups in total. The van der Waals surface area contributed by atoms with Gasteiger partial charge in [-0.2, -0.15) is 0 Å². The number of benzene rings is 1. The van der Waals surface area contributed by atoms with Gasteiger partial charge in [-0.3, -0.25) is 4.79 Å². The van der Waals surface area contributed by atoms with Gasteiger partial charge in [0, 0.05) is 12.6 Å². The number of nitrogens with one attached hydrogen (secondary N) is 2. The fraction of sp³-hybridized carbons (Fsp3) is 0.562. The topological polar surface area (TPSA) is 50.4 Å². The Morgan fingerprint density at radius 3 is 3.00 bits per heavy atom. The Morgan fingerprint density at radius 2 is 2.29 bits per heavy atom. The zero-order chi connectivity index (χ0) is 14.4. The van der Waals surface area contributed by atoms with Gasteiger partial charge in [0.2, 0.25) is 5.91 Å². The van der Waals surface area contributed by atoms with Crippen LogP contribution in [0, 0.1) is 12.8 Å². The molecular weight excluding hydrogens is 288 g/mol. The van der Waals surface area contributed by atoms with Gasteiger partial charge < -0.3 is 15.4 Å². The summed E-state index contributed by atoms with van der Waals surface area (Å²) in [5.41, 5.74) is 1.16. The van der Waals surface area contributed by atoms with Crippen LogP contribution in [0.25, 0.3) is 0 Å². The Bertz CT molecular complexity index is 454. The number of amides is 1. The van der Waals surface area contributed by atoms with Crippen molar-refractivity contribution in [2.24, 2.45) is 5.92 Å². The SMILES string of the molecule is Cc1cccc(OCCC(=O)NC2CNCCC2C)c1.Cl. The molecule has 0 spiro atoms. The molecule has 1 aliphatic heterocycles. The Morgan fingerprint density at radius 1 is 1.48 bits per heavy atom. The molecule has 0 bridgehead atoms. The highest BCUT2D eigenvalue weighted by molar-refractivity contribution is 5.85. The van der Waals surface area contributed by atoms with Crippen LogP contribution in [0.1, 0.15) is 25.3 Å². The Hall–Kier alpha value is -1.26. The maximum atomic E-state index is 11.9. The van der Waals surface area contributed by atoms with E-state index in [0.717, 1.165) is 30.8 Å². The highest BCUT2D eigenvalue weighted by Gasteiger charge is 2.22. The van der Waals surface area contributed by atoms with E-state index in [4.69, 9.17) is 4.74 Å². The van der Waals surface area contributed by atoms with Crippen molar-refractivity contribution < 1.29 is 9.53 Å². The minimum Gasteiger partial charge on any atom is -0.493 e. The van der Waals surface area contributed by atoms with E-state index in [1.165, 1.54) is 0 Å². The molecule has 1 aliphatic rings. The van der Waals surface area contributed by atoms with Crippen molar-refractivity contribution in [3.05, 3.63) is 29.8 Å². The fourth-order valence-electron chi connectivity index (χ4n) is 2.43. The van der Waals surface area contributed by atoms with E-state index in [1.54, 1.807) is 0 Å². The highest BCUT2D eigenvalue weighted by atomic mass is 35.5. The smallest absolute Gasteiger partial charge is 0.223 e. The van der Waals surface area contributed by atoms with Gasteiger partial charge >= 0.3 is 0 Å². The lowest BCUT2D eigenvalue weighted by Crippen LogP contribution is -2.50. The summed E-state index contributed by atoms with van der Waals surface area (Å²) in [6.07, 6.45) is 1.52. The van der Waals surface area contributed by atoms with Gasteiger partial charge in [0.25, 0.3) is 0 Å². The second kappa shape index (κ2) is 8.90. The molecule has 1 saturated heterocycles. The third-order valence-electron chi connectivity index (χ3n) is 3.76. The van der Waals surface area contributed by atoms with Gasteiger partial charge in [0.1, 0.15) is 5.75 Å². The van der Waals surface area contributed by atoms with Crippen LogP contribution < -0.4 is 15.4 Å². The monoisotopic (exact) mass is 312 g/mol.